The number of fused-ring (bicyclic) bond motifs is 1. The van der Waals surface area contributed by atoms with Gasteiger partial charge in [0.25, 0.3) is 0 Å². The third-order valence-corrected chi connectivity index (χ3v) is 5.39. The molecule has 2 aromatic rings. The topological polar surface area (TPSA) is 75.9 Å². The first-order valence-electron chi connectivity index (χ1n) is 8.97. The van der Waals surface area contributed by atoms with Gasteiger partial charge < -0.3 is 10.1 Å². The highest BCUT2D eigenvalue weighted by Gasteiger charge is 2.43. The van der Waals surface area contributed by atoms with E-state index >= 15 is 0 Å². The molecule has 7 nitrogen and oxygen atoms in total. The molecular weight excluding hydrogens is 440 g/mol. The third kappa shape index (κ3) is 4.79. The van der Waals surface area contributed by atoms with Gasteiger partial charge in [0.15, 0.2) is 4.96 Å². The van der Waals surface area contributed by atoms with Crippen LogP contribution < -0.4 is 5.32 Å². The number of imidazole rings is 1. The van der Waals surface area contributed by atoms with E-state index in [-0.39, 0.29) is 12.1 Å². The van der Waals surface area contributed by atoms with Crippen LogP contribution in [0.5, 0.6) is 0 Å². The molecule has 1 aliphatic heterocycles. The summed E-state index contributed by atoms with van der Waals surface area (Å²) in [4.78, 5) is 30.4. The second-order valence-corrected chi connectivity index (χ2v) is 7.68. The van der Waals surface area contributed by atoms with Gasteiger partial charge in [-0.2, -0.15) is 13.2 Å². The van der Waals surface area contributed by atoms with Crippen molar-refractivity contribution >= 4 is 28.4 Å². The molecule has 31 heavy (non-hydrogen) atoms. The number of hydrogen-bond acceptors (Lipinski definition) is 5. The predicted molar refractivity (Wildman–Crippen MR) is 105 cm³/mol. The van der Waals surface area contributed by atoms with Gasteiger partial charge in [-0.1, -0.05) is 6.58 Å². The zero-order valence-electron chi connectivity index (χ0n) is 16.4. The van der Waals surface area contributed by atoms with Gasteiger partial charge >= 0.3 is 18.3 Å². The number of cyclic esters (lactones) is 1. The van der Waals surface area contributed by atoms with Gasteiger partial charge in [0.1, 0.15) is 11.9 Å². The number of thiazole rings is 1. The predicted octanol–water partition coefficient (Wildman–Crippen LogP) is 4.73. The van der Waals surface area contributed by atoms with Crippen molar-refractivity contribution in [2.75, 3.05) is 0 Å². The fourth-order valence-electron chi connectivity index (χ4n) is 2.97. The molecule has 0 aliphatic carbocycles. The molecule has 2 atom stereocenters. The Balaban J connectivity index is 1.66. The molecule has 12 heteroatoms. The molecule has 166 valence electrons. The summed E-state index contributed by atoms with van der Waals surface area (Å²) in [5.74, 6) is -1.20. The molecule has 0 bridgehead atoms. The van der Waals surface area contributed by atoms with E-state index in [4.69, 9.17) is 4.74 Å². The van der Waals surface area contributed by atoms with Gasteiger partial charge in [-0.05, 0) is 31.6 Å². The van der Waals surface area contributed by atoms with Gasteiger partial charge in [-0.15, -0.1) is 11.3 Å². The Labute approximate surface area is 178 Å². The van der Waals surface area contributed by atoms with E-state index in [0.717, 1.165) is 22.9 Å². The van der Waals surface area contributed by atoms with E-state index in [9.17, 15) is 27.2 Å². The standard InChI is InChI=1S/C19H18F4N4O3S/c1-10(6-13(20)7-11(2)19(21,22)23)15-12(3)27(18(29)30-15)16(28)24-8-14-9-25-17-26(14)4-5-31-17/h4-7,9,12,15H,1,8H2,2-3H3,(H,24,28)/b11-7+,13-6+/t12-,15+/m0/s1. The van der Waals surface area contributed by atoms with Crippen molar-refractivity contribution in [3.63, 3.8) is 0 Å². The number of carbonyl (C=O) groups excluding carboxylic acids is 2. The second kappa shape index (κ2) is 8.53. The number of ether oxygens (including phenoxy) is 1. The average molecular weight is 458 g/mol. The number of halogens is 4. The SMILES string of the molecule is C=C(/C=C(F)\C=C(/C)C(F)(F)F)[C@H]1OC(=O)N(C(=O)NCc2cnc3sccn23)[C@H]1C. The number of nitrogens with one attached hydrogen (secondary N) is 1. The van der Waals surface area contributed by atoms with Crippen LogP contribution in [0, 0.1) is 0 Å². The molecule has 3 heterocycles. The highest BCUT2D eigenvalue weighted by atomic mass is 32.1. The maximum absolute atomic E-state index is 13.9. The zero-order valence-corrected chi connectivity index (χ0v) is 17.3. The van der Waals surface area contributed by atoms with Crippen molar-refractivity contribution in [2.24, 2.45) is 0 Å². The van der Waals surface area contributed by atoms with Crippen molar-refractivity contribution in [1.82, 2.24) is 19.6 Å². The van der Waals surface area contributed by atoms with Crippen molar-refractivity contribution in [1.29, 1.82) is 0 Å². The smallest absolute Gasteiger partial charge is 0.419 e. The zero-order chi connectivity index (χ0) is 22.9. The Morgan fingerprint density at radius 2 is 2.13 bits per heavy atom. The van der Waals surface area contributed by atoms with Crippen LogP contribution in [0.4, 0.5) is 27.2 Å². The average Bonchev–Trinajstić information content (AvgIpc) is 3.34. The fourth-order valence-corrected chi connectivity index (χ4v) is 3.68. The lowest BCUT2D eigenvalue weighted by Crippen LogP contribution is -2.45. The number of rotatable bonds is 5. The van der Waals surface area contributed by atoms with Crippen molar-refractivity contribution < 1.29 is 31.9 Å². The first-order valence-corrected chi connectivity index (χ1v) is 9.85. The number of nitrogens with zero attached hydrogens (tertiary/aromatic N) is 3. The first kappa shape index (κ1) is 22.5. The first-order chi connectivity index (χ1) is 14.5. The largest absolute Gasteiger partial charge is 0.439 e. The fraction of sp³-hybridized carbons (Fsp3) is 0.316. The molecule has 0 saturated carbocycles. The lowest BCUT2D eigenvalue weighted by atomic mass is 10.0. The molecule has 1 aliphatic rings. The van der Waals surface area contributed by atoms with Gasteiger partial charge in [0, 0.05) is 17.2 Å². The van der Waals surface area contributed by atoms with Gasteiger partial charge in [0.2, 0.25) is 0 Å². The molecule has 3 amide bonds. The summed E-state index contributed by atoms with van der Waals surface area (Å²) in [6.07, 6.45) is -2.32. The van der Waals surface area contributed by atoms with Crippen LogP contribution in [0.2, 0.25) is 0 Å². The minimum Gasteiger partial charge on any atom is -0.439 e. The molecule has 2 aromatic heterocycles. The van der Waals surface area contributed by atoms with Crippen molar-refractivity contribution in [3.8, 4) is 0 Å². The molecule has 1 N–H and O–H groups in total. The highest BCUT2D eigenvalue weighted by Crippen LogP contribution is 2.29. The summed E-state index contributed by atoms with van der Waals surface area (Å²) in [7, 11) is 0. The van der Waals surface area contributed by atoms with E-state index in [0.29, 0.717) is 11.8 Å². The number of imide groups is 1. The minimum absolute atomic E-state index is 0.0874. The van der Waals surface area contributed by atoms with Crippen LogP contribution in [0.3, 0.4) is 0 Å². The lowest BCUT2D eigenvalue weighted by molar-refractivity contribution is -0.0914. The highest BCUT2D eigenvalue weighted by molar-refractivity contribution is 7.15. The summed E-state index contributed by atoms with van der Waals surface area (Å²) in [6, 6.07) is -1.60. The van der Waals surface area contributed by atoms with Crippen LogP contribution >= 0.6 is 11.3 Å². The number of allylic oxidation sites excluding steroid dienone is 3. The Bertz CT molecular complexity index is 1090. The van der Waals surface area contributed by atoms with Gasteiger partial charge in [0.05, 0.1) is 24.5 Å². The number of aromatic nitrogens is 2. The molecule has 0 unspecified atom stereocenters. The molecule has 0 aromatic carbocycles. The molecule has 1 fully saturated rings. The van der Waals surface area contributed by atoms with E-state index in [1.807, 2.05) is 5.38 Å². The van der Waals surface area contributed by atoms with Crippen LogP contribution in [0.25, 0.3) is 4.96 Å². The van der Waals surface area contributed by atoms with Crippen LogP contribution in [0.1, 0.15) is 19.5 Å². The summed E-state index contributed by atoms with van der Waals surface area (Å²) >= 11 is 1.42. The van der Waals surface area contributed by atoms with Gasteiger partial charge in [-0.25, -0.2) is 23.9 Å². The molecule has 1 saturated heterocycles. The summed E-state index contributed by atoms with van der Waals surface area (Å²) in [5, 5.41) is 4.42. The summed E-state index contributed by atoms with van der Waals surface area (Å²) in [6.45, 7) is 5.87. The lowest BCUT2D eigenvalue weighted by Gasteiger charge is -2.19. The van der Waals surface area contributed by atoms with Crippen LogP contribution in [-0.4, -0.2) is 44.7 Å². The maximum atomic E-state index is 13.9. The Hall–Kier alpha value is -3.15. The Morgan fingerprint density at radius 3 is 2.81 bits per heavy atom. The van der Waals surface area contributed by atoms with E-state index in [2.05, 4.69) is 16.9 Å². The van der Waals surface area contributed by atoms with Crippen LogP contribution in [0.15, 0.2) is 53.5 Å². The normalized spacial score (nSPS) is 20.3. The number of amides is 3. The molecule has 3 rings (SSSR count). The van der Waals surface area contributed by atoms with E-state index in [1.54, 1.807) is 16.8 Å². The minimum atomic E-state index is -4.67. The quantitative estimate of drug-likeness (QED) is 0.519. The Kier molecular flexibility index (Phi) is 6.20. The van der Waals surface area contributed by atoms with E-state index < -0.39 is 41.8 Å². The molecular formula is C19H18F4N4O3S. The Morgan fingerprint density at radius 1 is 1.42 bits per heavy atom. The van der Waals surface area contributed by atoms with Gasteiger partial charge in [-0.3, -0.25) is 4.40 Å². The maximum Gasteiger partial charge on any atom is 0.419 e. The molecule has 0 radical (unpaired) electrons. The number of alkyl halides is 3. The van der Waals surface area contributed by atoms with Crippen molar-refractivity contribution in [2.45, 2.75) is 38.7 Å². The van der Waals surface area contributed by atoms with Crippen molar-refractivity contribution in [3.05, 3.63) is 59.2 Å². The number of urea groups is 1. The third-order valence-electron chi connectivity index (χ3n) is 4.62. The number of hydrogen-bond donors (Lipinski definition) is 1. The molecule has 0 spiro atoms. The second-order valence-electron chi connectivity index (χ2n) is 6.81. The van der Waals surface area contributed by atoms with E-state index in [1.165, 1.54) is 18.3 Å². The monoisotopic (exact) mass is 458 g/mol. The van der Waals surface area contributed by atoms with Crippen LogP contribution in [-0.2, 0) is 11.3 Å². The summed E-state index contributed by atoms with van der Waals surface area (Å²) in [5.41, 5.74) is -0.524. The number of carbonyl (C=O) groups is 2. The summed E-state index contributed by atoms with van der Waals surface area (Å²) < 4.78 is 58.4.